The Morgan fingerprint density at radius 3 is 2.38 bits per heavy atom. The summed E-state index contributed by atoms with van der Waals surface area (Å²) in [5.41, 5.74) is 1.56. The molecule has 4 rings (SSSR count). The number of piperazine rings is 1. The predicted octanol–water partition coefficient (Wildman–Crippen LogP) is 3.68. The Balaban J connectivity index is 1.37. The Kier molecular flexibility index (Phi) is 4.94. The van der Waals surface area contributed by atoms with Gasteiger partial charge in [-0.15, -0.1) is 0 Å². The van der Waals surface area contributed by atoms with Crippen LogP contribution in [0.25, 0.3) is 0 Å². The van der Waals surface area contributed by atoms with Gasteiger partial charge in [0.05, 0.1) is 15.6 Å². The normalized spacial score (nSPS) is 16.8. The van der Waals surface area contributed by atoms with Gasteiger partial charge in [-0.3, -0.25) is 9.69 Å². The van der Waals surface area contributed by atoms with Crippen molar-refractivity contribution in [1.82, 2.24) is 9.80 Å². The van der Waals surface area contributed by atoms with Crippen molar-refractivity contribution in [1.29, 1.82) is 0 Å². The van der Waals surface area contributed by atoms with Gasteiger partial charge in [0.2, 0.25) is 6.79 Å². The Morgan fingerprint density at radius 1 is 0.962 bits per heavy atom. The SMILES string of the molecule is O=C(c1c(Cl)cccc1Cl)N1CCN(Cc2ccc3c(c2)OCO3)CC1. The van der Waals surface area contributed by atoms with E-state index in [-0.39, 0.29) is 12.7 Å². The van der Waals surface area contributed by atoms with Gasteiger partial charge in [0, 0.05) is 32.7 Å². The molecule has 26 heavy (non-hydrogen) atoms. The van der Waals surface area contributed by atoms with Crippen molar-refractivity contribution in [3.8, 4) is 11.5 Å². The minimum atomic E-state index is -0.108. The van der Waals surface area contributed by atoms with Gasteiger partial charge in [0.25, 0.3) is 5.91 Å². The summed E-state index contributed by atoms with van der Waals surface area (Å²) in [6.07, 6.45) is 0. The highest BCUT2D eigenvalue weighted by molar-refractivity contribution is 6.39. The minimum absolute atomic E-state index is 0.108. The first kappa shape index (κ1) is 17.5. The van der Waals surface area contributed by atoms with E-state index in [9.17, 15) is 4.79 Å². The number of amides is 1. The summed E-state index contributed by atoms with van der Waals surface area (Å²) in [6, 6.07) is 11.1. The highest BCUT2D eigenvalue weighted by Gasteiger charge is 2.25. The molecule has 0 aromatic heterocycles. The van der Waals surface area contributed by atoms with E-state index in [1.165, 1.54) is 5.56 Å². The third-order valence-corrected chi connectivity index (χ3v) is 5.31. The van der Waals surface area contributed by atoms with Crippen LogP contribution in [0.5, 0.6) is 11.5 Å². The van der Waals surface area contributed by atoms with Crippen LogP contribution in [0, 0.1) is 0 Å². The molecule has 1 fully saturated rings. The van der Waals surface area contributed by atoms with E-state index in [1.807, 2.05) is 17.0 Å². The van der Waals surface area contributed by atoms with E-state index < -0.39 is 0 Å². The first-order valence-corrected chi connectivity index (χ1v) is 9.21. The van der Waals surface area contributed by atoms with Crippen LogP contribution in [-0.2, 0) is 6.54 Å². The van der Waals surface area contributed by atoms with E-state index in [2.05, 4.69) is 11.0 Å². The Morgan fingerprint density at radius 2 is 1.65 bits per heavy atom. The molecule has 0 bridgehead atoms. The summed E-state index contributed by atoms with van der Waals surface area (Å²) in [5, 5.41) is 0.788. The van der Waals surface area contributed by atoms with Gasteiger partial charge in [0.1, 0.15) is 0 Å². The summed E-state index contributed by atoms with van der Waals surface area (Å²) in [7, 11) is 0. The zero-order valence-electron chi connectivity index (χ0n) is 14.1. The van der Waals surface area contributed by atoms with Crippen molar-refractivity contribution in [2.75, 3.05) is 33.0 Å². The maximum absolute atomic E-state index is 12.7. The lowest BCUT2D eigenvalue weighted by Crippen LogP contribution is -2.48. The molecule has 0 saturated carbocycles. The molecule has 2 heterocycles. The zero-order valence-corrected chi connectivity index (χ0v) is 15.6. The summed E-state index contributed by atoms with van der Waals surface area (Å²) < 4.78 is 10.8. The molecule has 1 amide bonds. The number of fused-ring (bicyclic) bond motifs is 1. The molecule has 0 N–H and O–H groups in total. The van der Waals surface area contributed by atoms with Gasteiger partial charge in [-0.05, 0) is 29.8 Å². The van der Waals surface area contributed by atoms with Crippen molar-refractivity contribution in [3.63, 3.8) is 0 Å². The van der Waals surface area contributed by atoms with E-state index >= 15 is 0 Å². The molecule has 1 saturated heterocycles. The second-order valence-corrected chi connectivity index (χ2v) is 7.17. The van der Waals surface area contributed by atoms with Crippen LogP contribution in [0.1, 0.15) is 15.9 Å². The van der Waals surface area contributed by atoms with Gasteiger partial charge < -0.3 is 14.4 Å². The third-order valence-electron chi connectivity index (χ3n) is 4.68. The number of benzene rings is 2. The molecule has 136 valence electrons. The highest BCUT2D eigenvalue weighted by atomic mass is 35.5. The fraction of sp³-hybridized carbons (Fsp3) is 0.316. The van der Waals surface area contributed by atoms with Crippen LogP contribution in [0.2, 0.25) is 10.0 Å². The quantitative estimate of drug-likeness (QED) is 0.798. The fourth-order valence-corrected chi connectivity index (χ4v) is 3.83. The Hall–Kier alpha value is -1.95. The first-order chi connectivity index (χ1) is 12.6. The molecule has 2 aliphatic rings. The smallest absolute Gasteiger partial charge is 0.256 e. The molecule has 2 aromatic carbocycles. The van der Waals surface area contributed by atoms with Gasteiger partial charge in [-0.1, -0.05) is 35.3 Å². The molecule has 0 spiro atoms. The van der Waals surface area contributed by atoms with Crippen LogP contribution in [0.15, 0.2) is 36.4 Å². The van der Waals surface area contributed by atoms with Crippen LogP contribution in [-0.4, -0.2) is 48.7 Å². The van der Waals surface area contributed by atoms with Crippen LogP contribution in [0.4, 0.5) is 0 Å². The molecule has 5 nitrogen and oxygen atoms in total. The van der Waals surface area contributed by atoms with Crippen molar-refractivity contribution in [2.45, 2.75) is 6.54 Å². The molecule has 0 atom stereocenters. The number of carbonyl (C=O) groups excluding carboxylic acids is 1. The van der Waals surface area contributed by atoms with E-state index in [4.69, 9.17) is 32.7 Å². The van der Waals surface area contributed by atoms with E-state index in [1.54, 1.807) is 18.2 Å². The van der Waals surface area contributed by atoms with Crippen molar-refractivity contribution >= 4 is 29.1 Å². The molecular weight excluding hydrogens is 375 g/mol. The summed E-state index contributed by atoms with van der Waals surface area (Å²) >= 11 is 12.3. The maximum Gasteiger partial charge on any atom is 0.256 e. The van der Waals surface area contributed by atoms with Crippen molar-refractivity contribution < 1.29 is 14.3 Å². The number of carbonyl (C=O) groups is 1. The number of rotatable bonds is 3. The number of hydrogen-bond acceptors (Lipinski definition) is 4. The summed E-state index contributed by atoms with van der Waals surface area (Å²) in [5.74, 6) is 1.48. The lowest BCUT2D eigenvalue weighted by Gasteiger charge is -2.35. The molecule has 0 radical (unpaired) electrons. The first-order valence-electron chi connectivity index (χ1n) is 8.46. The van der Waals surface area contributed by atoms with Gasteiger partial charge >= 0.3 is 0 Å². The zero-order chi connectivity index (χ0) is 18.1. The van der Waals surface area contributed by atoms with Crippen LogP contribution < -0.4 is 9.47 Å². The number of ether oxygens (including phenoxy) is 2. The lowest BCUT2D eigenvalue weighted by molar-refractivity contribution is 0.0629. The van der Waals surface area contributed by atoms with Crippen molar-refractivity contribution in [3.05, 3.63) is 57.6 Å². The van der Waals surface area contributed by atoms with Gasteiger partial charge in [-0.25, -0.2) is 0 Å². The highest BCUT2D eigenvalue weighted by Crippen LogP contribution is 2.33. The molecule has 2 aromatic rings. The Bertz CT molecular complexity index is 815. The second-order valence-electron chi connectivity index (χ2n) is 6.35. The average Bonchev–Trinajstić information content (AvgIpc) is 3.10. The lowest BCUT2D eigenvalue weighted by atomic mass is 10.1. The van der Waals surface area contributed by atoms with Crippen LogP contribution >= 0.6 is 23.2 Å². The third kappa shape index (κ3) is 3.47. The Labute approximate surface area is 162 Å². The number of nitrogens with zero attached hydrogens (tertiary/aromatic N) is 2. The largest absolute Gasteiger partial charge is 0.454 e. The van der Waals surface area contributed by atoms with Crippen molar-refractivity contribution in [2.24, 2.45) is 0 Å². The predicted molar refractivity (Wildman–Crippen MR) is 100 cm³/mol. The minimum Gasteiger partial charge on any atom is -0.454 e. The van der Waals surface area contributed by atoms with E-state index in [0.717, 1.165) is 31.1 Å². The summed E-state index contributed by atoms with van der Waals surface area (Å²) in [6.45, 7) is 3.97. The molecular formula is C19H18Cl2N2O3. The van der Waals surface area contributed by atoms with Gasteiger partial charge in [-0.2, -0.15) is 0 Å². The number of hydrogen-bond donors (Lipinski definition) is 0. The second kappa shape index (κ2) is 7.35. The summed E-state index contributed by atoms with van der Waals surface area (Å²) in [4.78, 5) is 16.9. The molecule has 2 aliphatic heterocycles. The van der Waals surface area contributed by atoms with E-state index in [0.29, 0.717) is 28.7 Å². The maximum atomic E-state index is 12.7. The fourth-order valence-electron chi connectivity index (χ4n) is 3.27. The molecule has 7 heteroatoms. The topological polar surface area (TPSA) is 42.0 Å². The van der Waals surface area contributed by atoms with Crippen LogP contribution in [0.3, 0.4) is 0 Å². The molecule has 0 aliphatic carbocycles. The standard InChI is InChI=1S/C19H18Cl2N2O3/c20-14-2-1-3-15(21)18(14)19(24)23-8-6-22(7-9-23)11-13-4-5-16-17(10-13)26-12-25-16/h1-5,10H,6-9,11-12H2. The average molecular weight is 393 g/mol. The van der Waals surface area contributed by atoms with Gasteiger partial charge in [0.15, 0.2) is 11.5 Å². The monoisotopic (exact) mass is 392 g/mol. The number of halogens is 2. The molecule has 0 unspecified atom stereocenters.